The van der Waals surface area contributed by atoms with Crippen molar-refractivity contribution in [2.75, 3.05) is 26.4 Å². The molecule has 24 heavy (non-hydrogen) atoms. The van der Waals surface area contributed by atoms with Gasteiger partial charge < -0.3 is 19.5 Å². The Bertz CT molecular complexity index is 588. The van der Waals surface area contributed by atoms with Crippen LogP contribution in [-0.4, -0.2) is 60.5 Å². The molecule has 2 rings (SSSR count). The minimum Gasteiger partial charge on any atom is -0.482 e. The van der Waals surface area contributed by atoms with Crippen molar-refractivity contribution in [3.8, 4) is 5.75 Å². The number of alkyl halides is 3. The highest BCUT2D eigenvalue weighted by molar-refractivity contribution is 5.94. The molecule has 9 heteroatoms. The fourth-order valence-electron chi connectivity index (χ4n) is 2.36. The SMILES string of the molecule is O=C(O)COc1ccc(C(=O)N2CCOCC2CC(F)(F)F)cc1. The van der Waals surface area contributed by atoms with Gasteiger partial charge in [0.25, 0.3) is 5.91 Å². The van der Waals surface area contributed by atoms with Crippen LogP contribution in [0.1, 0.15) is 16.8 Å². The quantitative estimate of drug-likeness (QED) is 0.881. The Morgan fingerprint density at radius 3 is 2.54 bits per heavy atom. The van der Waals surface area contributed by atoms with Crippen molar-refractivity contribution in [2.24, 2.45) is 0 Å². The van der Waals surface area contributed by atoms with Gasteiger partial charge in [-0.3, -0.25) is 4.79 Å². The predicted molar refractivity (Wildman–Crippen MR) is 75.9 cm³/mol. The molecule has 1 aliphatic heterocycles. The van der Waals surface area contributed by atoms with Crippen LogP contribution < -0.4 is 4.74 Å². The van der Waals surface area contributed by atoms with E-state index in [-0.39, 0.29) is 31.1 Å². The van der Waals surface area contributed by atoms with Gasteiger partial charge in [0.1, 0.15) is 5.75 Å². The molecule has 1 aliphatic rings. The number of carboxylic acid groups (broad SMARTS) is 1. The number of carboxylic acids is 1. The molecule has 0 bridgehead atoms. The lowest BCUT2D eigenvalue weighted by atomic mass is 10.1. The summed E-state index contributed by atoms with van der Waals surface area (Å²) in [5.74, 6) is -1.42. The first kappa shape index (κ1) is 18.1. The highest BCUT2D eigenvalue weighted by Gasteiger charge is 2.38. The van der Waals surface area contributed by atoms with Gasteiger partial charge in [-0.2, -0.15) is 13.2 Å². The number of amides is 1. The summed E-state index contributed by atoms with van der Waals surface area (Å²) in [4.78, 5) is 24.0. The summed E-state index contributed by atoms with van der Waals surface area (Å²) in [6.07, 6.45) is -5.52. The van der Waals surface area contributed by atoms with E-state index in [1.165, 1.54) is 24.3 Å². The van der Waals surface area contributed by atoms with Crippen LogP contribution in [-0.2, 0) is 9.53 Å². The van der Waals surface area contributed by atoms with Crippen LogP contribution in [0.25, 0.3) is 0 Å². The maximum Gasteiger partial charge on any atom is 0.391 e. The molecule has 1 unspecified atom stereocenters. The van der Waals surface area contributed by atoms with E-state index in [9.17, 15) is 22.8 Å². The molecule has 1 N–H and O–H groups in total. The molecule has 0 aromatic heterocycles. The third-order valence-electron chi connectivity index (χ3n) is 3.42. The van der Waals surface area contributed by atoms with Crippen LogP contribution in [0.5, 0.6) is 5.75 Å². The van der Waals surface area contributed by atoms with E-state index in [4.69, 9.17) is 14.6 Å². The number of carbonyl (C=O) groups excluding carboxylic acids is 1. The first-order chi connectivity index (χ1) is 11.3. The molecule has 6 nitrogen and oxygen atoms in total. The van der Waals surface area contributed by atoms with Gasteiger partial charge in [-0.1, -0.05) is 0 Å². The molecule has 1 aromatic carbocycles. The van der Waals surface area contributed by atoms with Gasteiger partial charge in [0.15, 0.2) is 6.61 Å². The molecule has 0 aliphatic carbocycles. The molecule has 1 amide bonds. The number of hydrogen-bond donors (Lipinski definition) is 1. The lowest BCUT2D eigenvalue weighted by Gasteiger charge is -2.36. The van der Waals surface area contributed by atoms with Gasteiger partial charge in [0, 0.05) is 12.1 Å². The van der Waals surface area contributed by atoms with E-state index in [1.807, 2.05) is 0 Å². The summed E-state index contributed by atoms with van der Waals surface area (Å²) in [6, 6.07) is 4.51. The normalized spacial score (nSPS) is 18.3. The molecule has 0 saturated carbocycles. The maximum absolute atomic E-state index is 12.6. The summed E-state index contributed by atoms with van der Waals surface area (Å²) >= 11 is 0. The van der Waals surface area contributed by atoms with Crippen LogP contribution in [0.2, 0.25) is 0 Å². The fraction of sp³-hybridized carbons (Fsp3) is 0.467. The minimum absolute atomic E-state index is 0.0802. The highest BCUT2D eigenvalue weighted by Crippen LogP contribution is 2.27. The average Bonchev–Trinajstić information content (AvgIpc) is 2.52. The van der Waals surface area contributed by atoms with Gasteiger partial charge in [-0.15, -0.1) is 0 Å². The van der Waals surface area contributed by atoms with Crippen molar-refractivity contribution in [3.63, 3.8) is 0 Å². The van der Waals surface area contributed by atoms with Gasteiger partial charge in [-0.25, -0.2) is 4.79 Å². The summed E-state index contributed by atoms with van der Waals surface area (Å²) in [5.41, 5.74) is 0.201. The summed E-state index contributed by atoms with van der Waals surface area (Å²) in [5, 5.41) is 8.52. The zero-order valence-electron chi connectivity index (χ0n) is 12.6. The molecular weight excluding hydrogens is 331 g/mol. The monoisotopic (exact) mass is 347 g/mol. The van der Waals surface area contributed by atoms with E-state index >= 15 is 0 Å². The molecule has 1 atom stereocenters. The number of rotatable bonds is 5. The van der Waals surface area contributed by atoms with Gasteiger partial charge in [0.2, 0.25) is 0 Å². The second-order valence-corrected chi connectivity index (χ2v) is 5.25. The zero-order valence-corrected chi connectivity index (χ0v) is 12.6. The van der Waals surface area contributed by atoms with Crippen molar-refractivity contribution in [1.29, 1.82) is 0 Å². The Balaban J connectivity index is 2.06. The molecule has 0 radical (unpaired) electrons. The van der Waals surface area contributed by atoms with Crippen molar-refractivity contribution in [3.05, 3.63) is 29.8 Å². The number of carbonyl (C=O) groups is 2. The second kappa shape index (κ2) is 7.52. The van der Waals surface area contributed by atoms with Crippen molar-refractivity contribution >= 4 is 11.9 Å². The molecule has 1 saturated heterocycles. The highest BCUT2D eigenvalue weighted by atomic mass is 19.4. The topological polar surface area (TPSA) is 76.1 Å². The standard InChI is InChI=1S/C15H16F3NO5/c16-15(17,18)7-11-8-23-6-5-19(11)14(22)10-1-3-12(4-2-10)24-9-13(20)21/h1-4,11H,5-9H2,(H,20,21). The smallest absolute Gasteiger partial charge is 0.391 e. The molecule has 1 heterocycles. The van der Waals surface area contributed by atoms with Crippen molar-refractivity contribution in [2.45, 2.75) is 18.6 Å². The van der Waals surface area contributed by atoms with Gasteiger partial charge >= 0.3 is 12.1 Å². The number of aliphatic carboxylic acids is 1. The van der Waals surface area contributed by atoms with E-state index < -0.39 is 37.1 Å². The van der Waals surface area contributed by atoms with Crippen molar-refractivity contribution < 1.29 is 37.3 Å². The summed E-state index contributed by atoms with van der Waals surface area (Å²) < 4.78 is 47.9. The molecule has 1 fully saturated rings. The lowest BCUT2D eigenvalue weighted by molar-refractivity contribution is -0.155. The van der Waals surface area contributed by atoms with Crippen LogP contribution in [0.3, 0.4) is 0 Å². The third-order valence-corrected chi connectivity index (χ3v) is 3.42. The Kier molecular flexibility index (Phi) is 5.66. The Labute approximate surface area is 135 Å². The lowest BCUT2D eigenvalue weighted by Crippen LogP contribution is -2.50. The average molecular weight is 347 g/mol. The summed E-state index contributed by atoms with van der Waals surface area (Å²) in [6.45, 7) is -0.424. The summed E-state index contributed by atoms with van der Waals surface area (Å²) in [7, 11) is 0. The molecule has 132 valence electrons. The largest absolute Gasteiger partial charge is 0.482 e. The van der Waals surface area contributed by atoms with E-state index in [0.29, 0.717) is 0 Å². The first-order valence-corrected chi connectivity index (χ1v) is 7.16. The van der Waals surface area contributed by atoms with E-state index in [1.54, 1.807) is 0 Å². The maximum atomic E-state index is 12.6. The van der Waals surface area contributed by atoms with Crippen LogP contribution in [0.15, 0.2) is 24.3 Å². The Morgan fingerprint density at radius 1 is 1.29 bits per heavy atom. The first-order valence-electron chi connectivity index (χ1n) is 7.16. The van der Waals surface area contributed by atoms with Crippen LogP contribution in [0.4, 0.5) is 13.2 Å². The fourth-order valence-corrected chi connectivity index (χ4v) is 2.36. The van der Waals surface area contributed by atoms with Crippen LogP contribution in [0, 0.1) is 0 Å². The zero-order chi connectivity index (χ0) is 17.7. The Morgan fingerprint density at radius 2 is 1.96 bits per heavy atom. The third kappa shape index (κ3) is 5.12. The van der Waals surface area contributed by atoms with Gasteiger partial charge in [0.05, 0.1) is 25.7 Å². The molecular formula is C15H16F3NO5. The number of halogens is 3. The van der Waals surface area contributed by atoms with Gasteiger partial charge in [-0.05, 0) is 24.3 Å². The minimum atomic E-state index is -4.39. The van der Waals surface area contributed by atoms with Crippen molar-refractivity contribution in [1.82, 2.24) is 4.90 Å². The second-order valence-electron chi connectivity index (χ2n) is 5.25. The van der Waals surface area contributed by atoms with Crippen LogP contribution >= 0.6 is 0 Å². The molecule has 1 aromatic rings. The number of nitrogens with zero attached hydrogens (tertiary/aromatic N) is 1. The molecule has 0 spiro atoms. The number of ether oxygens (including phenoxy) is 2. The number of hydrogen-bond acceptors (Lipinski definition) is 4. The predicted octanol–water partition coefficient (Wildman–Crippen LogP) is 1.94. The number of benzene rings is 1. The number of morpholine rings is 1. The Hall–Kier alpha value is -2.29. The van der Waals surface area contributed by atoms with E-state index in [2.05, 4.69) is 0 Å². The van der Waals surface area contributed by atoms with E-state index in [0.717, 1.165) is 4.90 Å².